The first-order valence-electron chi connectivity index (χ1n) is 6.36. The fourth-order valence-electron chi connectivity index (χ4n) is 2.27. The van der Waals surface area contributed by atoms with Crippen LogP contribution in [0.5, 0.6) is 0 Å². The van der Waals surface area contributed by atoms with Crippen LogP contribution in [0.15, 0.2) is 23.1 Å². The summed E-state index contributed by atoms with van der Waals surface area (Å²) in [6, 6.07) is 3.46. The molecule has 1 saturated heterocycles. The molecule has 5 nitrogen and oxygen atoms in total. The fourth-order valence-corrected chi connectivity index (χ4v) is 4.21. The molecule has 116 valence electrons. The van der Waals surface area contributed by atoms with Gasteiger partial charge in [0.2, 0.25) is 10.0 Å². The summed E-state index contributed by atoms with van der Waals surface area (Å²) >= 11 is 4.74. The number of sulfonamides is 1. The van der Waals surface area contributed by atoms with Crippen LogP contribution in [0.3, 0.4) is 0 Å². The van der Waals surface area contributed by atoms with Crippen molar-refractivity contribution in [3.05, 3.63) is 29.6 Å². The highest BCUT2D eigenvalue weighted by atomic mass is 32.2. The lowest BCUT2D eigenvalue weighted by atomic mass is 10.1. The van der Waals surface area contributed by atoms with Crippen LogP contribution in [0.25, 0.3) is 0 Å². The molecule has 0 atom stereocenters. The first-order valence-corrected chi connectivity index (χ1v) is 8.21. The van der Waals surface area contributed by atoms with Gasteiger partial charge in [0, 0.05) is 12.1 Å². The number of hydrogen-bond acceptors (Lipinski definition) is 4. The maximum atomic E-state index is 13.6. The minimum atomic E-state index is -3.77. The third-order valence-electron chi connectivity index (χ3n) is 3.36. The molecule has 0 unspecified atom stereocenters. The lowest BCUT2D eigenvalue weighted by Crippen LogP contribution is -2.55. The molecule has 0 saturated carbocycles. The van der Waals surface area contributed by atoms with Gasteiger partial charge in [-0.1, -0.05) is 12.2 Å². The average molecular weight is 332 g/mol. The average Bonchev–Trinajstić information content (AvgIpc) is 2.37. The van der Waals surface area contributed by atoms with E-state index >= 15 is 0 Å². The zero-order valence-electron chi connectivity index (χ0n) is 11.8. The number of nitrogens with two attached hydrogens (primary N) is 1. The number of thiocarbonyl (C=S) groups is 1. The van der Waals surface area contributed by atoms with E-state index in [2.05, 4.69) is 0 Å². The number of hydrogen-bond donors (Lipinski definition) is 1. The Morgan fingerprint density at radius 2 is 2.14 bits per heavy atom. The predicted octanol–water partition coefficient (Wildman–Crippen LogP) is 1.26. The van der Waals surface area contributed by atoms with Crippen molar-refractivity contribution in [2.75, 3.05) is 19.8 Å². The molecule has 1 aromatic carbocycles. The van der Waals surface area contributed by atoms with Gasteiger partial charge in [-0.25, -0.2) is 12.8 Å². The van der Waals surface area contributed by atoms with Crippen molar-refractivity contribution in [3.8, 4) is 0 Å². The van der Waals surface area contributed by atoms with E-state index in [1.165, 1.54) is 16.4 Å². The summed E-state index contributed by atoms with van der Waals surface area (Å²) in [5.74, 6) is -0.636. The molecule has 21 heavy (non-hydrogen) atoms. The van der Waals surface area contributed by atoms with Gasteiger partial charge in [-0.2, -0.15) is 4.31 Å². The number of morpholine rings is 1. The van der Waals surface area contributed by atoms with Gasteiger partial charge in [0.1, 0.15) is 10.8 Å². The summed E-state index contributed by atoms with van der Waals surface area (Å²) < 4.78 is 45.8. The van der Waals surface area contributed by atoms with Crippen molar-refractivity contribution >= 4 is 27.2 Å². The Morgan fingerprint density at radius 1 is 1.48 bits per heavy atom. The molecule has 2 rings (SSSR count). The third kappa shape index (κ3) is 3.08. The highest BCUT2D eigenvalue weighted by molar-refractivity contribution is 7.89. The Kier molecular flexibility index (Phi) is 4.34. The van der Waals surface area contributed by atoms with Gasteiger partial charge in [0.05, 0.1) is 23.6 Å². The molecule has 2 N–H and O–H groups in total. The highest BCUT2D eigenvalue weighted by Crippen LogP contribution is 2.28. The smallest absolute Gasteiger partial charge is 0.243 e. The van der Waals surface area contributed by atoms with Crippen molar-refractivity contribution in [2.24, 2.45) is 5.73 Å². The molecule has 0 bridgehead atoms. The summed E-state index contributed by atoms with van der Waals surface area (Å²) in [5.41, 5.74) is 4.68. The van der Waals surface area contributed by atoms with Crippen molar-refractivity contribution in [1.82, 2.24) is 4.31 Å². The quantitative estimate of drug-likeness (QED) is 0.844. The maximum Gasteiger partial charge on any atom is 0.243 e. The standard InChI is InChI=1S/C13H17FN2O3S2/c1-13(2)8-19-6-5-16(13)21(17,18)9-3-4-11(14)10(7-9)12(15)20/h3-4,7H,5-6,8H2,1-2H3,(H2,15,20). The van der Waals surface area contributed by atoms with Crippen LogP contribution >= 0.6 is 12.2 Å². The van der Waals surface area contributed by atoms with E-state index in [-0.39, 0.29) is 22.0 Å². The van der Waals surface area contributed by atoms with Crippen molar-refractivity contribution < 1.29 is 17.5 Å². The Balaban J connectivity index is 2.49. The minimum absolute atomic E-state index is 0.0262. The molecular weight excluding hydrogens is 315 g/mol. The van der Waals surface area contributed by atoms with Gasteiger partial charge in [0.15, 0.2) is 0 Å². The van der Waals surface area contributed by atoms with Crippen molar-refractivity contribution in [2.45, 2.75) is 24.3 Å². The summed E-state index contributed by atoms with van der Waals surface area (Å²) in [4.78, 5) is -0.201. The molecule has 1 aromatic rings. The van der Waals surface area contributed by atoms with Crippen LogP contribution < -0.4 is 5.73 Å². The number of benzene rings is 1. The molecule has 0 aromatic heterocycles. The lowest BCUT2D eigenvalue weighted by molar-refractivity contribution is -0.00770. The van der Waals surface area contributed by atoms with Gasteiger partial charge >= 0.3 is 0 Å². The Morgan fingerprint density at radius 3 is 2.71 bits per heavy atom. The monoisotopic (exact) mass is 332 g/mol. The number of halogens is 1. The maximum absolute atomic E-state index is 13.6. The van der Waals surface area contributed by atoms with Crippen molar-refractivity contribution in [1.29, 1.82) is 0 Å². The molecule has 0 aliphatic carbocycles. The molecule has 1 aliphatic rings. The summed E-state index contributed by atoms with van der Waals surface area (Å²) in [7, 11) is -3.77. The SMILES string of the molecule is CC1(C)COCCN1S(=O)(=O)c1ccc(F)c(C(N)=S)c1. The fraction of sp³-hybridized carbons (Fsp3) is 0.462. The number of nitrogens with zero attached hydrogens (tertiary/aromatic N) is 1. The van der Waals surface area contributed by atoms with Crippen LogP contribution in [0, 0.1) is 5.82 Å². The zero-order chi connectivity index (χ0) is 15.8. The lowest BCUT2D eigenvalue weighted by Gasteiger charge is -2.40. The molecule has 0 amide bonds. The summed E-state index contributed by atoms with van der Waals surface area (Å²) in [6.07, 6.45) is 0. The van der Waals surface area contributed by atoms with E-state index in [0.717, 1.165) is 6.07 Å². The molecule has 0 spiro atoms. The van der Waals surface area contributed by atoms with E-state index < -0.39 is 21.4 Å². The van der Waals surface area contributed by atoms with E-state index in [0.29, 0.717) is 13.2 Å². The minimum Gasteiger partial charge on any atom is -0.389 e. The van der Waals surface area contributed by atoms with E-state index in [1.807, 2.05) is 0 Å². The van der Waals surface area contributed by atoms with Crippen LogP contribution in [0.4, 0.5) is 4.39 Å². The zero-order valence-corrected chi connectivity index (χ0v) is 13.4. The normalized spacial score (nSPS) is 19.4. The summed E-state index contributed by atoms with van der Waals surface area (Å²) in [5, 5.41) is 0. The first kappa shape index (κ1) is 16.3. The second kappa shape index (κ2) is 5.60. The van der Waals surface area contributed by atoms with E-state index in [9.17, 15) is 12.8 Å². The molecule has 1 aliphatic heterocycles. The number of ether oxygens (including phenoxy) is 1. The number of rotatable bonds is 3. The van der Waals surface area contributed by atoms with Crippen LogP contribution in [-0.4, -0.2) is 43.0 Å². The van der Waals surface area contributed by atoms with E-state index in [1.54, 1.807) is 13.8 Å². The Labute approximate surface area is 128 Å². The van der Waals surface area contributed by atoms with Crippen LogP contribution in [-0.2, 0) is 14.8 Å². The second-order valence-corrected chi connectivity index (χ2v) is 7.75. The molecule has 8 heteroatoms. The third-order valence-corrected chi connectivity index (χ3v) is 5.69. The predicted molar refractivity (Wildman–Crippen MR) is 81.1 cm³/mol. The topological polar surface area (TPSA) is 72.6 Å². The van der Waals surface area contributed by atoms with Gasteiger partial charge in [-0.05, 0) is 32.0 Å². The molecule has 0 radical (unpaired) electrons. The molecule has 1 heterocycles. The first-order chi connectivity index (χ1) is 9.66. The Bertz CT molecular complexity index is 674. The molecule has 1 fully saturated rings. The van der Waals surface area contributed by atoms with Gasteiger partial charge in [0.25, 0.3) is 0 Å². The van der Waals surface area contributed by atoms with Gasteiger partial charge in [-0.3, -0.25) is 0 Å². The largest absolute Gasteiger partial charge is 0.389 e. The van der Waals surface area contributed by atoms with Crippen LogP contribution in [0.2, 0.25) is 0 Å². The van der Waals surface area contributed by atoms with Gasteiger partial charge in [-0.15, -0.1) is 0 Å². The summed E-state index contributed by atoms with van der Waals surface area (Å²) in [6.45, 7) is 4.43. The Hall–Kier alpha value is -1.09. The second-order valence-electron chi connectivity index (χ2n) is 5.45. The van der Waals surface area contributed by atoms with Crippen molar-refractivity contribution in [3.63, 3.8) is 0 Å². The van der Waals surface area contributed by atoms with E-state index in [4.69, 9.17) is 22.7 Å². The van der Waals surface area contributed by atoms with Crippen LogP contribution in [0.1, 0.15) is 19.4 Å². The molecular formula is C13H17FN2O3S2. The van der Waals surface area contributed by atoms with Gasteiger partial charge < -0.3 is 10.5 Å². The highest BCUT2D eigenvalue weighted by Gasteiger charge is 2.39.